The molecule has 148 valence electrons. The monoisotopic (exact) mass is 474 g/mol. The van der Waals surface area contributed by atoms with E-state index < -0.39 is 0 Å². The van der Waals surface area contributed by atoms with Crippen LogP contribution in [0.1, 0.15) is 44.6 Å². The molecule has 1 aromatic rings. The molecular formula is C20H35IN4O. The van der Waals surface area contributed by atoms with Crippen LogP contribution in [0.2, 0.25) is 0 Å². The summed E-state index contributed by atoms with van der Waals surface area (Å²) in [7, 11) is 3.50. The van der Waals surface area contributed by atoms with Crippen LogP contribution in [0.15, 0.2) is 29.3 Å². The van der Waals surface area contributed by atoms with Gasteiger partial charge in [-0.15, -0.1) is 24.0 Å². The number of nitrogens with one attached hydrogen (secondary N) is 2. The van der Waals surface area contributed by atoms with Crippen molar-refractivity contribution in [3.05, 3.63) is 29.8 Å². The molecule has 0 amide bonds. The van der Waals surface area contributed by atoms with Gasteiger partial charge >= 0.3 is 0 Å². The van der Waals surface area contributed by atoms with Gasteiger partial charge in [0.15, 0.2) is 5.96 Å². The Bertz CT molecular complexity index is 521. The first kappa shape index (κ1) is 23.0. The average molecular weight is 474 g/mol. The normalized spacial score (nSPS) is 18.1. The van der Waals surface area contributed by atoms with Crippen LogP contribution in [0.5, 0.6) is 5.75 Å². The summed E-state index contributed by atoms with van der Waals surface area (Å²) in [5.74, 6) is 1.75. The van der Waals surface area contributed by atoms with Crippen molar-refractivity contribution >= 4 is 29.9 Å². The van der Waals surface area contributed by atoms with Crippen LogP contribution in [0.4, 0.5) is 0 Å². The van der Waals surface area contributed by atoms with Gasteiger partial charge in [-0.05, 0) is 63.4 Å². The van der Waals surface area contributed by atoms with E-state index in [2.05, 4.69) is 39.6 Å². The quantitative estimate of drug-likeness (QED) is 0.262. The van der Waals surface area contributed by atoms with E-state index in [1.165, 1.54) is 50.8 Å². The molecule has 1 aromatic carbocycles. The minimum absolute atomic E-state index is 0. The van der Waals surface area contributed by atoms with Crippen molar-refractivity contribution < 1.29 is 4.74 Å². The molecule has 0 aliphatic carbocycles. The number of rotatable bonds is 8. The van der Waals surface area contributed by atoms with Crippen molar-refractivity contribution in [3.8, 4) is 5.75 Å². The largest absolute Gasteiger partial charge is 0.497 e. The highest BCUT2D eigenvalue weighted by molar-refractivity contribution is 14.0. The maximum atomic E-state index is 5.18. The summed E-state index contributed by atoms with van der Waals surface area (Å²) in [6, 6.07) is 8.86. The van der Waals surface area contributed by atoms with Crippen molar-refractivity contribution in [3.63, 3.8) is 0 Å². The number of hydrogen-bond donors (Lipinski definition) is 2. The van der Waals surface area contributed by atoms with E-state index >= 15 is 0 Å². The molecule has 2 N–H and O–H groups in total. The Hall–Kier alpha value is -1.02. The van der Waals surface area contributed by atoms with Gasteiger partial charge in [0, 0.05) is 26.2 Å². The van der Waals surface area contributed by atoms with E-state index in [1.807, 2.05) is 19.2 Å². The highest BCUT2D eigenvalue weighted by atomic mass is 127. The van der Waals surface area contributed by atoms with Gasteiger partial charge in [0.1, 0.15) is 5.75 Å². The van der Waals surface area contributed by atoms with Crippen LogP contribution in [0, 0.1) is 0 Å². The first-order valence-corrected chi connectivity index (χ1v) is 9.54. The van der Waals surface area contributed by atoms with Crippen molar-refractivity contribution in [2.24, 2.45) is 4.99 Å². The lowest BCUT2D eigenvalue weighted by atomic mass is 10.0. The van der Waals surface area contributed by atoms with Crippen molar-refractivity contribution in [2.45, 2.75) is 51.6 Å². The topological polar surface area (TPSA) is 48.9 Å². The Morgan fingerprint density at radius 3 is 2.62 bits per heavy atom. The summed E-state index contributed by atoms with van der Waals surface area (Å²) in [6.07, 6.45) is 6.54. The summed E-state index contributed by atoms with van der Waals surface area (Å²) in [5, 5.41) is 6.77. The number of benzene rings is 1. The second kappa shape index (κ2) is 13.2. The molecule has 1 atom stereocenters. The van der Waals surface area contributed by atoms with E-state index in [0.29, 0.717) is 0 Å². The van der Waals surface area contributed by atoms with Crippen LogP contribution in [0.3, 0.4) is 0 Å². The molecule has 5 nitrogen and oxygen atoms in total. The first-order chi connectivity index (χ1) is 12.2. The SMILES string of the molecule is CN=C(NCCCCN1CCCCC1C)NCc1ccc(OC)cc1.I. The standard InChI is InChI=1S/C20H34N4O.HI/c1-17-8-4-6-14-24(17)15-7-5-13-22-20(21-2)23-16-18-9-11-19(25-3)12-10-18;/h9-12,17H,4-8,13-16H2,1-3H3,(H2,21,22,23);1H. The Labute approximate surface area is 176 Å². The number of guanidine groups is 1. The van der Waals surface area contributed by atoms with Crippen LogP contribution in [0.25, 0.3) is 0 Å². The molecule has 1 unspecified atom stereocenters. The fourth-order valence-corrected chi connectivity index (χ4v) is 3.29. The van der Waals surface area contributed by atoms with Gasteiger partial charge < -0.3 is 20.3 Å². The average Bonchev–Trinajstić information content (AvgIpc) is 2.65. The third-order valence-electron chi connectivity index (χ3n) is 4.95. The predicted molar refractivity (Wildman–Crippen MR) is 121 cm³/mol. The molecule has 1 saturated heterocycles. The molecule has 6 heteroatoms. The van der Waals surface area contributed by atoms with Gasteiger partial charge in [-0.25, -0.2) is 0 Å². The lowest BCUT2D eigenvalue weighted by Gasteiger charge is -2.33. The third-order valence-corrected chi connectivity index (χ3v) is 4.95. The zero-order valence-corrected chi connectivity index (χ0v) is 18.8. The number of ether oxygens (including phenoxy) is 1. The van der Waals surface area contributed by atoms with E-state index in [1.54, 1.807) is 7.11 Å². The molecule has 2 rings (SSSR count). The molecule has 0 aromatic heterocycles. The molecule has 1 aliphatic heterocycles. The fourth-order valence-electron chi connectivity index (χ4n) is 3.29. The van der Waals surface area contributed by atoms with Crippen LogP contribution < -0.4 is 15.4 Å². The second-order valence-electron chi connectivity index (χ2n) is 6.79. The summed E-state index contributed by atoms with van der Waals surface area (Å²) < 4.78 is 5.18. The minimum Gasteiger partial charge on any atom is -0.497 e. The Balaban J connectivity index is 0.00000338. The molecule has 1 aliphatic rings. The zero-order chi connectivity index (χ0) is 17.9. The molecular weight excluding hydrogens is 439 g/mol. The first-order valence-electron chi connectivity index (χ1n) is 9.54. The molecule has 1 fully saturated rings. The number of methoxy groups -OCH3 is 1. The Kier molecular flexibility index (Phi) is 11.7. The van der Waals surface area contributed by atoms with Gasteiger partial charge in [-0.3, -0.25) is 4.99 Å². The molecule has 0 saturated carbocycles. The Morgan fingerprint density at radius 1 is 1.19 bits per heavy atom. The van der Waals surface area contributed by atoms with Gasteiger partial charge in [0.2, 0.25) is 0 Å². The molecule has 1 heterocycles. The molecule has 0 radical (unpaired) electrons. The van der Waals surface area contributed by atoms with Crippen LogP contribution >= 0.6 is 24.0 Å². The summed E-state index contributed by atoms with van der Waals surface area (Å²) in [6.45, 7) is 6.59. The predicted octanol–water partition coefficient (Wildman–Crippen LogP) is 3.63. The van der Waals surface area contributed by atoms with E-state index in [9.17, 15) is 0 Å². The number of hydrogen-bond acceptors (Lipinski definition) is 3. The van der Waals surface area contributed by atoms with E-state index in [4.69, 9.17) is 4.74 Å². The maximum absolute atomic E-state index is 5.18. The molecule has 26 heavy (non-hydrogen) atoms. The van der Waals surface area contributed by atoms with Crippen LogP contribution in [-0.2, 0) is 6.54 Å². The zero-order valence-electron chi connectivity index (χ0n) is 16.5. The molecule has 0 spiro atoms. The van der Waals surface area contributed by atoms with Crippen molar-refractivity contribution in [1.29, 1.82) is 0 Å². The maximum Gasteiger partial charge on any atom is 0.191 e. The van der Waals surface area contributed by atoms with Crippen molar-refractivity contribution in [2.75, 3.05) is 33.8 Å². The number of unbranched alkanes of at least 4 members (excludes halogenated alkanes) is 1. The van der Waals surface area contributed by atoms with E-state index in [0.717, 1.165) is 30.8 Å². The lowest BCUT2D eigenvalue weighted by molar-refractivity contribution is 0.158. The minimum atomic E-state index is 0. The summed E-state index contributed by atoms with van der Waals surface area (Å²) >= 11 is 0. The smallest absolute Gasteiger partial charge is 0.191 e. The lowest BCUT2D eigenvalue weighted by Crippen LogP contribution is -2.39. The van der Waals surface area contributed by atoms with Gasteiger partial charge in [0.05, 0.1) is 7.11 Å². The number of likely N-dealkylation sites (tertiary alicyclic amines) is 1. The summed E-state index contributed by atoms with van der Waals surface area (Å²) in [5.41, 5.74) is 1.21. The highest BCUT2D eigenvalue weighted by Crippen LogP contribution is 2.16. The fraction of sp³-hybridized carbons (Fsp3) is 0.650. The number of aliphatic imine (C=N–C) groups is 1. The summed E-state index contributed by atoms with van der Waals surface area (Å²) in [4.78, 5) is 6.93. The van der Waals surface area contributed by atoms with Gasteiger partial charge in [-0.1, -0.05) is 18.6 Å². The number of piperidine rings is 1. The highest BCUT2D eigenvalue weighted by Gasteiger charge is 2.16. The van der Waals surface area contributed by atoms with Crippen LogP contribution in [-0.4, -0.2) is 50.7 Å². The Morgan fingerprint density at radius 2 is 1.96 bits per heavy atom. The van der Waals surface area contributed by atoms with Crippen molar-refractivity contribution in [1.82, 2.24) is 15.5 Å². The second-order valence-corrected chi connectivity index (χ2v) is 6.79. The van der Waals surface area contributed by atoms with Gasteiger partial charge in [0.25, 0.3) is 0 Å². The van der Waals surface area contributed by atoms with Gasteiger partial charge in [-0.2, -0.15) is 0 Å². The number of halogens is 1. The molecule has 0 bridgehead atoms. The third kappa shape index (κ3) is 8.12. The number of nitrogens with zero attached hydrogens (tertiary/aromatic N) is 2. The van der Waals surface area contributed by atoms with E-state index in [-0.39, 0.29) is 24.0 Å².